The zero-order valence-electron chi connectivity index (χ0n) is 11.1. The van der Waals surface area contributed by atoms with Crippen LogP contribution in [0.4, 0.5) is 0 Å². The summed E-state index contributed by atoms with van der Waals surface area (Å²) in [7, 11) is 1.28. The van der Waals surface area contributed by atoms with E-state index in [1.807, 2.05) is 0 Å². The predicted octanol–water partition coefficient (Wildman–Crippen LogP) is 2.73. The van der Waals surface area contributed by atoms with Crippen LogP contribution in [0.25, 0.3) is 0 Å². The Morgan fingerprint density at radius 3 is 2.72 bits per heavy atom. The van der Waals surface area contributed by atoms with Gasteiger partial charge in [0, 0.05) is 10.8 Å². The summed E-state index contributed by atoms with van der Waals surface area (Å²) in [5.74, 6) is -0.671. The molecule has 0 bridgehead atoms. The lowest BCUT2D eigenvalue weighted by atomic mass is 10.0. The SMILES string of the molecule is CCCCCCC(C=C=CC(=O)OC)C[N+](=O)[O-]. The van der Waals surface area contributed by atoms with Gasteiger partial charge in [-0.05, 0) is 12.5 Å². The van der Waals surface area contributed by atoms with Gasteiger partial charge in [0.1, 0.15) is 0 Å². The summed E-state index contributed by atoms with van der Waals surface area (Å²) in [5.41, 5.74) is 2.65. The molecule has 102 valence electrons. The highest BCUT2D eigenvalue weighted by Crippen LogP contribution is 2.12. The third kappa shape index (κ3) is 9.60. The molecule has 0 N–H and O–H groups in total. The van der Waals surface area contributed by atoms with Crippen molar-refractivity contribution in [1.29, 1.82) is 0 Å². The highest BCUT2D eigenvalue weighted by atomic mass is 16.6. The van der Waals surface area contributed by atoms with E-state index in [1.54, 1.807) is 6.08 Å². The summed E-state index contributed by atoms with van der Waals surface area (Å²) in [4.78, 5) is 21.0. The number of nitro groups is 1. The number of nitrogens with zero attached hydrogens (tertiary/aromatic N) is 1. The van der Waals surface area contributed by atoms with Gasteiger partial charge in [-0.15, -0.1) is 5.73 Å². The van der Waals surface area contributed by atoms with Crippen molar-refractivity contribution in [3.8, 4) is 0 Å². The smallest absolute Gasteiger partial charge is 0.338 e. The fourth-order valence-electron chi connectivity index (χ4n) is 1.56. The first-order valence-electron chi connectivity index (χ1n) is 6.22. The van der Waals surface area contributed by atoms with Crippen LogP contribution in [0.5, 0.6) is 0 Å². The maximum absolute atomic E-state index is 10.8. The van der Waals surface area contributed by atoms with Gasteiger partial charge in [0.2, 0.25) is 6.54 Å². The van der Waals surface area contributed by atoms with Crippen molar-refractivity contribution in [2.24, 2.45) is 5.92 Å². The van der Waals surface area contributed by atoms with Gasteiger partial charge in [-0.1, -0.05) is 32.6 Å². The van der Waals surface area contributed by atoms with Gasteiger partial charge in [0.15, 0.2) is 0 Å². The van der Waals surface area contributed by atoms with E-state index in [-0.39, 0.29) is 17.4 Å². The molecule has 5 nitrogen and oxygen atoms in total. The molecule has 0 fully saturated rings. The second-order valence-electron chi connectivity index (χ2n) is 4.13. The standard InChI is InChI=1S/C13H21NO4/c1-3-4-5-6-8-12(11-14(16)17)9-7-10-13(15)18-2/h9-10,12H,3-6,8,11H2,1-2H3. The van der Waals surface area contributed by atoms with Crippen LogP contribution in [-0.4, -0.2) is 24.5 Å². The number of hydrogen-bond donors (Lipinski definition) is 0. The average Bonchev–Trinajstić information content (AvgIpc) is 2.33. The summed E-state index contributed by atoms with van der Waals surface area (Å²) < 4.78 is 4.42. The largest absolute Gasteiger partial charge is 0.465 e. The van der Waals surface area contributed by atoms with Crippen molar-refractivity contribution < 1.29 is 14.5 Å². The minimum absolute atomic E-state index is 0.117. The molecular weight excluding hydrogens is 234 g/mol. The fraction of sp³-hybridized carbons (Fsp3) is 0.692. The van der Waals surface area contributed by atoms with Crippen molar-refractivity contribution >= 4 is 5.97 Å². The van der Waals surface area contributed by atoms with Crippen molar-refractivity contribution in [2.75, 3.05) is 13.7 Å². The van der Waals surface area contributed by atoms with Crippen molar-refractivity contribution in [2.45, 2.75) is 39.0 Å². The van der Waals surface area contributed by atoms with Crippen LogP contribution in [0.15, 0.2) is 17.9 Å². The first-order chi connectivity index (χ1) is 8.60. The van der Waals surface area contributed by atoms with Crippen LogP contribution in [0.1, 0.15) is 39.0 Å². The molecule has 0 aromatic rings. The summed E-state index contributed by atoms with van der Waals surface area (Å²) in [6, 6.07) is 0. The van der Waals surface area contributed by atoms with Crippen LogP contribution >= 0.6 is 0 Å². The van der Waals surface area contributed by atoms with E-state index in [4.69, 9.17) is 0 Å². The van der Waals surface area contributed by atoms with Gasteiger partial charge in [-0.3, -0.25) is 10.1 Å². The van der Waals surface area contributed by atoms with E-state index >= 15 is 0 Å². The lowest BCUT2D eigenvalue weighted by Crippen LogP contribution is -2.12. The Hall–Kier alpha value is -1.61. The Bertz CT molecular complexity index is 319. The monoisotopic (exact) mass is 255 g/mol. The highest BCUT2D eigenvalue weighted by molar-refractivity contribution is 5.81. The number of rotatable bonds is 9. The normalized spacial score (nSPS) is 11.2. The molecule has 0 saturated heterocycles. The second kappa shape index (κ2) is 10.5. The second-order valence-corrected chi connectivity index (χ2v) is 4.13. The number of carbonyl (C=O) groups excluding carboxylic acids is 1. The van der Waals surface area contributed by atoms with Crippen molar-refractivity contribution in [3.63, 3.8) is 0 Å². The van der Waals surface area contributed by atoms with Gasteiger partial charge >= 0.3 is 5.97 Å². The first kappa shape index (κ1) is 16.4. The number of methoxy groups -OCH3 is 1. The zero-order chi connectivity index (χ0) is 13.8. The predicted molar refractivity (Wildman–Crippen MR) is 68.8 cm³/mol. The molecule has 18 heavy (non-hydrogen) atoms. The molecule has 0 aliphatic rings. The molecule has 0 amide bonds. The number of carbonyl (C=O) groups is 1. The summed E-state index contributed by atoms with van der Waals surface area (Å²) >= 11 is 0. The minimum atomic E-state index is -0.503. The Labute approximate surface area is 108 Å². The molecule has 0 aliphatic carbocycles. The molecule has 5 heteroatoms. The van der Waals surface area contributed by atoms with Crippen LogP contribution in [0.2, 0.25) is 0 Å². The average molecular weight is 255 g/mol. The molecule has 0 spiro atoms. The van der Waals surface area contributed by atoms with E-state index < -0.39 is 5.97 Å². The molecule has 0 saturated carbocycles. The maximum atomic E-state index is 10.8. The lowest BCUT2D eigenvalue weighted by molar-refractivity contribution is -0.486. The van der Waals surface area contributed by atoms with Gasteiger partial charge in [-0.25, -0.2) is 4.79 Å². The Morgan fingerprint density at radius 2 is 2.17 bits per heavy atom. The molecule has 0 aliphatic heterocycles. The molecule has 0 aromatic heterocycles. The highest BCUT2D eigenvalue weighted by Gasteiger charge is 2.11. The topological polar surface area (TPSA) is 69.4 Å². The van der Waals surface area contributed by atoms with Crippen LogP contribution in [0, 0.1) is 16.0 Å². The molecule has 0 aromatic carbocycles. The van der Waals surface area contributed by atoms with E-state index in [9.17, 15) is 14.9 Å². The number of hydrogen-bond acceptors (Lipinski definition) is 4. The van der Waals surface area contributed by atoms with Crippen LogP contribution in [-0.2, 0) is 9.53 Å². The van der Waals surface area contributed by atoms with E-state index in [0.29, 0.717) is 0 Å². The number of ether oxygens (including phenoxy) is 1. The van der Waals surface area contributed by atoms with Gasteiger partial charge in [-0.2, -0.15) is 0 Å². The van der Waals surface area contributed by atoms with Crippen molar-refractivity contribution in [3.05, 3.63) is 28.0 Å². The third-order valence-corrected chi connectivity index (χ3v) is 2.55. The Kier molecular flexibility index (Phi) is 9.60. The quantitative estimate of drug-likeness (QED) is 0.159. The van der Waals surface area contributed by atoms with Crippen LogP contribution in [0.3, 0.4) is 0 Å². The number of unbranched alkanes of at least 4 members (excludes halogenated alkanes) is 3. The maximum Gasteiger partial charge on any atom is 0.338 e. The molecular formula is C13H21NO4. The lowest BCUT2D eigenvalue weighted by Gasteiger charge is -2.06. The van der Waals surface area contributed by atoms with Gasteiger partial charge < -0.3 is 4.74 Å². The summed E-state index contributed by atoms with van der Waals surface area (Å²) in [6.07, 6.45) is 7.82. The van der Waals surface area contributed by atoms with E-state index in [0.717, 1.165) is 38.2 Å². The molecule has 0 rings (SSSR count). The molecule has 0 radical (unpaired) electrons. The van der Waals surface area contributed by atoms with E-state index in [2.05, 4.69) is 17.4 Å². The molecule has 1 atom stereocenters. The third-order valence-electron chi connectivity index (χ3n) is 2.55. The van der Waals surface area contributed by atoms with Crippen molar-refractivity contribution in [1.82, 2.24) is 0 Å². The van der Waals surface area contributed by atoms with E-state index in [1.165, 1.54) is 7.11 Å². The first-order valence-corrected chi connectivity index (χ1v) is 6.22. The van der Waals surface area contributed by atoms with Gasteiger partial charge in [0.25, 0.3) is 0 Å². The number of esters is 1. The fourth-order valence-corrected chi connectivity index (χ4v) is 1.56. The molecule has 0 heterocycles. The zero-order valence-corrected chi connectivity index (χ0v) is 11.1. The summed E-state index contributed by atoms with van der Waals surface area (Å²) in [5, 5.41) is 10.5. The minimum Gasteiger partial charge on any atom is -0.465 e. The Balaban J connectivity index is 4.26. The van der Waals surface area contributed by atoms with Gasteiger partial charge in [0.05, 0.1) is 13.2 Å². The Morgan fingerprint density at radius 1 is 1.44 bits per heavy atom. The van der Waals surface area contributed by atoms with Crippen LogP contribution < -0.4 is 0 Å². The summed E-state index contributed by atoms with van der Waals surface area (Å²) in [6.45, 7) is 2.00. The molecule has 1 unspecified atom stereocenters.